The van der Waals surface area contributed by atoms with Crippen molar-refractivity contribution >= 4 is 42.8 Å². The lowest BCUT2D eigenvalue weighted by molar-refractivity contribution is 0.0694. The number of aromatic amines is 1. The average Bonchev–Trinajstić information content (AvgIpc) is 3.12. The van der Waals surface area contributed by atoms with Gasteiger partial charge in [-0.1, -0.05) is 40.2 Å². The topological polar surface area (TPSA) is 86.4 Å². The lowest BCUT2D eigenvalue weighted by Gasteiger charge is -2.33. The number of carbonyl (C=O) groups is 1. The summed E-state index contributed by atoms with van der Waals surface area (Å²) >= 11 is 3.30. The monoisotopic (exact) mass is 448 g/mol. The van der Waals surface area contributed by atoms with E-state index in [0.717, 1.165) is 10.9 Å². The molecule has 0 atom stereocenters. The zero-order valence-corrected chi connectivity index (χ0v) is 16.7. The smallest absolute Gasteiger partial charge is 0.275 e. The summed E-state index contributed by atoms with van der Waals surface area (Å²) in [6, 6.07) is 14.1. The normalized spacial score (nSPS) is 16.0. The molecule has 0 radical (unpaired) electrons. The SMILES string of the molecule is O=C(c1n[nH]c2ccccc12)N1CCN(S(=O)(=O)c2cccc(Br)c2)CC1. The largest absolute Gasteiger partial charge is 0.335 e. The number of hydrogen-bond acceptors (Lipinski definition) is 4. The van der Waals surface area contributed by atoms with Gasteiger partial charge in [-0.25, -0.2) is 8.42 Å². The zero-order valence-electron chi connectivity index (χ0n) is 14.3. The maximum atomic E-state index is 12.8. The van der Waals surface area contributed by atoms with Crippen LogP contribution in [0.1, 0.15) is 10.5 Å². The molecule has 1 aliphatic rings. The second-order valence-electron chi connectivity index (χ2n) is 6.27. The van der Waals surface area contributed by atoms with Crippen molar-refractivity contribution in [3.63, 3.8) is 0 Å². The number of benzene rings is 2. The first-order chi connectivity index (χ1) is 13.0. The predicted molar refractivity (Wildman–Crippen MR) is 105 cm³/mol. The quantitative estimate of drug-likeness (QED) is 0.666. The van der Waals surface area contributed by atoms with Gasteiger partial charge in [0.1, 0.15) is 0 Å². The van der Waals surface area contributed by atoms with Crippen molar-refractivity contribution in [1.29, 1.82) is 0 Å². The fourth-order valence-electron chi connectivity index (χ4n) is 3.18. The third kappa shape index (κ3) is 3.38. The number of para-hydroxylation sites is 1. The van der Waals surface area contributed by atoms with E-state index in [1.54, 1.807) is 29.2 Å². The number of piperazine rings is 1. The van der Waals surface area contributed by atoms with Crippen molar-refractivity contribution in [2.45, 2.75) is 4.90 Å². The Balaban J connectivity index is 1.49. The minimum atomic E-state index is -3.58. The van der Waals surface area contributed by atoms with Crippen LogP contribution in [0.5, 0.6) is 0 Å². The first kappa shape index (κ1) is 18.1. The molecule has 2 heterocycles. The highest BCUT2D eigenvalue weighted by atomic mass is 79.9. The highest BCUT2D eigenvalue weighted by Crippen LogP contribution is 2.22. The Morgan fingerprint density at radius 1 is 1.04 bits per heavy atom. The molecule has 1 saturated heterocycles. The molecule has 3 aromatic rings. The fourth-order valence-corrected chi connectivity index (χ4v) is 5.20. The number of hydrogen-bond donors (Lipinski definition) is 1. The second-order valence-corrected chi connectivity index (χ2v) is 9.13. The van der Waals surface area contributed by atoms with Crippen molar-refractivity contribution in [1.82, 2.24) is 19.4 Å². The van der Waals surface area contributed by atoms with Gasteiger partial charge in [0.25, 0.3) is 5.91 Å². The molecule has 0 unspecified atom stereocenters. The first-order valence-corrected chi connectivity index (χ1v) is 10.7. The van der Waals surface area contributed by atoms with Gasteiger partial charge in [-0.3, -0.25) is 9.89 Å². The van der Waals surface area contributed by atoms with Gasteiger partial charge < -0.3 is 4.90 Å². The lowest BCUT2D eigenvalue weighted by Crippen LogP contribution is -2.50. The van der Waals surface area contributed by atoms with Crippen LogP contribution in [-0.4, -0.2) is 59.9 Å². The number of rotatable bonds is 3. The minimum Gasteiger partial charge on any atom is -0.335 e. The van der Waals surface area contributed by atoms with E-state index in [2.05, 4.69) is 26.1 Å². The third-order valence-corrected chi connectivity index (χ3v) is 7.02. The maximum absolute atomic E-state index is 12.8. The number of amides is 1. The molecule has 1 aromatic heterocycles. The highest BCUT2D eigenvalue weighted by Gasteiger charge is 2.31. The molecule has 140 valence electrons. The van der Waals surface area contributed by atoms with Crippen LogP contribution in [0, 0.1) is 0 Å². The number of carbonyl (C=O) groups excluding carboxylic acids is 1. The molecule has 1 fully saturated rings. The predicted octanol–water partition coefficient (Wildman–Crippen LogP) is 2.47. The summed E-state index contributed by atoms with van der Waals surface area (Å²) in [5, 5.41) is 7.77. The Hall–Kier alpha value is -2.23. The first-order valence-electron chi connectivity index (χ1n) is 8.45. The average molecular weight is 449 g/mol. The van der Waals surface area contributed by atoms with E-state index < -0.39 is 10.0 Å². The molecule has 9 heteroatoms. The van der Waals surface area contributed by atoms with Gasteiger partial charge in [-0.15, -0.1) is 0 Å². The molecule has 0 saturated carbocycles. The van der Waals surface area contributed by atoms with Gasteiger partial charge in [0, 0.05) is 36.0 Å². The van der Waals surface area contributed by atoms with Gasteiger partial charge in [0.2, 0.25) is 10.0 Å². The molecule has 4 rings (SSSR count). The van der Waals surface area contributed by atoms with Crippen LogP contribution in [-0.2, 0) is 10.0 Å². The van der Waals surface area contributed by atoms with Crippen molar-refractivity contribution in [2.75, 3.05) is 26.2 Å². The molecular weight excluding hydrogens is 432 g/mol. The lowest BCUT2D eigenvalue weighted by atomic mass is 10.2. The number of nitrogens with one attached hydrogen (secondary N) is 1. The summed E-state index contributed by atoms with van der Waals surface area (Å²) in [4.78, 5) is 14.7. The zero-order chi connectivity index (χ0) is 19.0. The number of fused-ring (bicyclic) bond motifs is 1. The van der Waals surface area contributed by atoms with Crippen LogP contribution in [0.4, 0.5) is 0 Å². The molecule has 1 amide bonds. The molecule has 1 aliphatic heterocycles. The van der Waals surface area contributed by atoms with Crippen molar-refractivity contribution < 1.29 is 13.2 Å². The van der Waals surface area contributed by atoms with Crippen molar-refractivity contribution in [3.05, 3.63) is 58.7 Å². The number of H-pyrrole nitrogens is 1. The summed E-state index contributed by atoms with van der Waals surface area (Å²) in [6.07, 6.45) is 0. The number of sulfonamides is 1. The summed E-state index contributed by atoms with van der Waals surface area (Å²) in [7, 11) is -3.58. The molecule has 1 N–H and O–H groups in total. The summed E-state index contributed by atoms with van der Waals surface area (Å²) < 4.78 is 27.7. The van der Waals surface area contributed by atoms with Crippen LogP contribution >= 0.6 is 15.9 Å². The Morgan fingerprint density at radius 2 is 1.78 bits per heavy atom. The van der Waals surface area contributed by atoms with Gasteiger partial charge in [-0.05, 0) is 24.3 Å². The summed E-state index contributed by atoms with van der Waals surface area (Å²) in [6.45, 7) is 1.16. The Morgan fingerprint density at radius 3 is 2.52 bits per heavy atom. The van der Waals surface area contributed by atoms with E-state index in [-0.39, 0.29) is 23.9 Å². The summed E-state index contributed by atoms with van der Waals surface area (Å²) in [5.74, 6) is -0.188. The summed E-state index contributed by atoms with van der Waals surface area (Å²) in [5.41, 5.74) is 1.17. The van der Waals surface area contributed by atoms with E-state index in [9.17, 15) is 13.2 Å². The van der Waals surface area contributed by atoms with E-state index in [4.69, 9.17) is 0 Å². The van der Waals surface area contributed by atoms with Crippen LogP contribution < -0.4 is 0 Å². The number of halogens is 1. The van der Waals surface area contributed by atoms with Crippen LogP contribution in [0.2, 0.25) is 0 Å². The number of nitrogens with zero attached hydrogens (tertiary/aromatic N) is 3. The van der Waals surface area contributed by atoms with Crippen LogP contribution in [0.3, 0.4) is 0 Å². The molecule has 7 nitrogen and oxygen atoms in total. The molecule has 0 aliphatic carbocycles. The van der Waals surface area contributed by atoms with Crippen LogP contribution in [0.25, 0.3) is 10.9 Å². The fraction of sp³-hybridized carbons (Fsp3) is 0.222. The van der Waals surface area contributed by atoms with Gasteiger partial charge in [0.05, 0.1) is 10.4 Å². The van der Waals surface area contributed by atoms with Gasteiger partial charge in [-0.2, -0.15) is 9.40 Å². The standard InChI is InChI=1S/C18H17BrN4O3S/c19-13-4-3-5-14(12-13)27(25,26)23-10-8-22(9-11-23)18(24)17-15-6-1-2-7-16(15)20-21-17/h1-7,12H,8-11H2,(H,20,21). The van der Waals surface area contributed by atoms with Crippen molar-refractivity contribution in [3.8, 4) is 0 Å². The molecule has 27 heavy (non-hydrogen) atoms. The highest BCUT2D eigenvalue weighted by molar-refractivity contribution is 9.10. The Bertz CT molecular complexity index is 1100. The van der Waals surface area contributed by atoms with E-state index in [0.29, 0.717) is 23.3 Å². The van der Waals surface area contributed by atoms with Crippen molar-refractivity contribution in [2.24, 2.45) is 0 Å². The van der Waals surface area contributed by atoms with E-state index in [1.165, 1.54) is 4.31 Å². The van der Waals surface area contributed by atoms with Gasteiger partial charge in [0.15, 0.2) is 5.69 Å². The second kappa shape index (κ2) is 7.06. The Kier molecular flexibility index (Phi) is 4.75. The van der Waals surface area contributed by atoms with Crippen LogP contribution in [0.15, 0.2) is 57.9 Å². The minimum absolute atomic E-state index is 0.188. The van der Waals surface area contributed by atoms with E-state index in [1.807, 2.05) is 24.3 Å². The Labute approximate surface area is 165 Å². The molecule has 0 spiro atoms. The molecular formula is C18H17BrN4O3S. The maximum Gasteiger partial charge on any atom is 0.275 e. The third-order valence-electron chi connectivity index (χ3n) is 4.63. The number of aromatic nitrogens is 2. The molecule has 0 bridgehead atoms. The van der Waals surface area contributed by atoms with E-state index >= 15 is 0 Å². The molecule has 2 aromatic carbocycles. The van der Waals surface area contributed by atoms with Gasteiger partial charge >= 0.3 is 0 Å².